The molecule has 1 amide bonds. The van der Waals surface area contributed by atoms with Gasteiger partial charge in [0.2, 0.25) is 0 Å². The van der Waals surface area contributed by atoms with Crippen LogP contribution in [0.1, 0.15) is 52.9 Å². The van der Waals surface area contributed by atoms with Gasteiger partial charge in [-0.25, -0.2) is 4.79 Å². The van der Waals surface area contributed by atoms with E-state index in [1.54, 1.807) is 0 Å². The molecule has 1 atom stereocenters. The molecule has 4 nitrogen and oxygen atoms in total. The molecule has 2 fully saturated rings. The normalized spacial score (nSPS) is 25.3. The van der Waals surface area contributed by atoms with Gasteiger partial charge in [0.15, 0.2) is 0 Å². The zero-order chi connectivity index (χ0) is 15.5. The van der Waals surface area contributed by atoms with Crippen molar-refractivity contribution in [2.24, 2.45) is 0 Å². The molecule has 1 saturated heterocycles. The van der Waals surface area contributed by atoms with Gasteiger partial charge >= 0.3 is 6.09 Å². The van der Waals surface area contributed by atoms with Gasteiger partial charge in [-0.2, -0.15) is 11.8 Å². The van der Waals surface area contributed by atoms with Crippen LogP contribution in [0.5, 0.6) is 0 Å². The minimum absolute atomic E-state index is 0.169. The summed E-state index contributed by atoms with van der Waals surface area (Å²) >= 11 is 1.99. The van der Waals surface area contributed by atoms with Gasteiger partial charge in [0.25, 0.3) is 0 Å². The van der Waals surface area contributed by atoms with E-state index in [4.69, 9.17) is 4.74 Å². The van der Waals surface area contributed by atoms with Crippen molar-refractivity contribution in [1.82, 2.24) is 10.2 Å². The van der Waals surface area contributed by atoms with E-state index < -0.39 is 5.60 Å². The Labute approximate surface area is 133 Å². The Morgan fingerprint density at radius 2 is 2.10 bits per heavy atom. The maximum atomic E-state index is 12.2. The zero-order valence-corrected chi connectivity index (χ0v) is 14.7. The Balaban J connectivity index is 1.79. The smallest absolute Gasteiger partial charge is 0.410 e. The molecule has 122 valence electrons. The Bertz CT molecular complexity index is 358. The van der Waals surface area contributed by atoms with Crippen molar-refractivity contribution in [3.63, 3.8) is 0 Å². The number of hydrogen-bond donors (Lipinski definition) is 1. The molecule has 2 rings (SSSR count). The second-order valence-electron chi connectivity index (χ2n) is 7.39. The number of hydrogen-bond acceptors (Lipinski definition) is 4. The number of thioether (sulfide) groups is 1. The van der Waals surface area contributed by atoms with Crippen LogP contribution >= 0.6 is 11.8 Å². The van der Waals surface area contributed by atoms with Crippen LogP contribution in [0, 0.1) is 0 Å². The van der Waals surface area contributed by atoms with Crippen molar-refractivity contribution in [2.75, 3.05) is 25.9 Å². The first-order valence-electron chi connectivity index (χ1n) is 8.10. The van der Waals surface area contributed by atoms with E-state index in [1.807, 2.05) is 37.4 Å². The number of amides is 1. The number of nitrogens with zero attached hydrogens (tertiary/aromatic N) is 1. The Morgan fingerprint density at radius 3 is 2.62 bits per heavy atom. The number of nitrogens with one attached hydrogen (secondary N) is 1. The molecule has 21 heavy (non-hydrogen) atoms. The van der Waals surface area contributed by atoms with E-state index in [0.717, 1.165) is 32.5 Å². The van der Waals surface area contributed by atoms with Crippen molar-refractivity contribution in [3.05, 3.63) is 0 Å². The number of rotatable bonds is 4. The maximum absolute atomic E-state index is 12.2. The summed E-state index contributed by atoms with van der Waals surface area (Å²) in [6.45, 7) is 8.43. The monoisotopic (exact) mass is 314 g/mol. The fourth-order valence-corrected chi connectivity index (χ4v) is 3.92. The zero-order valence-electron chi connectivity index (χ0n) is 13.9. The molecule has 1 saturated carbocycles. The van der Waals surface area contributed by atoms with E-state index in [0.29, 0.717) is 10.8 Å². The first-order chi connectivity index (χ1) is 9.84. The SMILES string of the molecule is CSC1(CNC2CCCN(C(=O)OC(C)(C)C)C2)CCC1. The molecule has 1 unspecified atom stereocenters. The highest BCUT2D eigenvalue weighted by atomic mass is 32.2. The predicted octanol–water partition coefficient (Wildman–Crippen LogP) is 3.26. The minimum atomic E-state index is -0.410. The topological polar surface area (TPSA) is 41.6 Å². The van der Waals surface area contributed by atoms with Gasteiger partial charge in [0.1, 0.15) is 5.60 Å². The van der Waals surface area contributed by atoms with E-state index >= 15 is 0 Å². The van der Waals surface area contributed by atoms with Crippen LogP contribution in [-0.4, -0.2) is 53.3 Å². The van der Waals surface area contributed by atoms with Gasteiger partial charge in [-0.05, 0) is 52.7 Å². The summed E-state index contributed by atoms with van der Waals surface area (Å²) in [5.74, 6) is 0. The number of piperidine rings is 1. The number of carbonyl (C=O) groups excluding carboxylic acids is 1. The Morgan fingerprint density at radius 1 is 1.38 bits per heavy atom. The van der Waals surface area contributed by atoms with Crippen molar-refractivity contribution in [1.29, 1.82) is 0 Å². The van der Waals surface area contributed by atoms with Crippen molar-refractivity contribution < 1.29 is 9.53 Å². The molecule has 1 heterocycles. The largest absolute Gasteiger partial charge is 0.444 e. The van der Waals surface area contributed by atoms with Gasteiger partial charge in [-0.15, -0.1) is 0 Å². The van der Waals surface area contributed by atoms with Gasteiger partial charge in [-0.3, -0.25) is 0 Å². The molecule has 1 N–H and O–H groups in total. The second-order valence-corrected chi connectivity index (χ2v) is 8.66. The van der Waals surface area contributed by atoms with Crippen LogP contribution in [0.3, 0.4) is 0 Å². The van der Waals surface area contributed by atoms with Crippen molar-refractivity contribution in [2.45, 2.75) is 69.3 Å². The lowest BCUT2D eigenvalue weighted by molar-refractivity contribution is 0.0186. The van der Waals surface area contributed by atoms with E-state index in [2.05, 4.69) is 11.6 Å². The van der Waals surface area contributed by atoms with E-state index in [-0.39, 0.29) is 6.09 Å². The highest BCUT2D eigenvalue weighted by molar-refractivity contribution is 8.00. The fraction of sp³-hybridized carbons (Fsp3) is 0.938. The van der Waals surface area contributed by atoms with Crippen LogP contribution in [-0.2, 0) is 4.74 Å². The van der Waals surface area contributed by atoms with Crippen LogP contribution < -0.4 is 5.32 Å². The van der Waals surface area contributed by atoms with Gasteiger partial charge < -0.3 is 15.0 Å². The van der Waals surface area contributed by atoms with Crippen molar-refractivity contribution >= 4 is 17.9 Å². The molecule has 2 aliphatic rings. The summed E-state index contributed by atoms with van der Waals surface area (Å²) in [6, 6.07) is 0.413. The molecular formula is C16H30N2O2S. The van der Waals surface area contributed by atoms with Gasteiger partial charge in [0.05, 0.1) is 0 Å². The molecule has 0 aromatic heterocycles. The van der Waals surface area contributed by atoms with Crippen LogP contribution in [0.25, 0.3) is 0 Å². The lowest BCUT2D eigenvalue weighted by Gasteiger charge is -2.42. The predicted molar refractivity (Wildman–Crippen MR) is 88.9 cm³/mol. The van der Waals surface area contributed by atoms with Gasteiger partial charge in [-0.1, -0.05) is 6.42 Å². The highest BCUT2D eigenvalue weighted by Gasteiger charge is 2.37. The molecule has 1 aliphatic heterocycles. The molecular weight excluding hydrogens is 284 g/mol. The number of carbonyl (C=O) groups is 1. The molecule has 0 spiro atoms. The lowest BCUT2D eigenvalue weighted by atomic mass is 9.84. The van der Waals surface area contributed by atoms with Crippen LogP contribution in [0.2, 0.25) is 0 Å². The summed E-state index contributed by atoms with van der Waals surface area (Å²) in [6.07, 6.45) is 8.27. The molecule has 0 aromatic rings. The minimum Gasteiger partial charge on any atom is -0.444 e. The first kappa shape index (κ1) is 16.9. The summed E-state index contributed by atoms with van der Waals surface area (Å²) in [5.41, 5.74) is -0.410. The molecule has 0 radical (unpaired) electrons. The highest BCUT2D eigenvalue weighted by Crippen LogP contribution is 2.42. The van der Waals surface area contributed by atoms with Crippen LogP contribution in [0.4, 0.5) is 4.79 Å². The molecule has 1 aliphatic carbocycles. The van der Waals surface area contributed by atoms with Gasteiger partial charge in [0, 0.05) is 30.4 Å². The van der Waals surface area contributed by atoms with E-state index in [1.165, 1.54) is 19.3 Å². The summed E-state index contributed by atoms with van der Waals surface area (Å²) in [4.78, 5) is 14.0. The van der Waals surface area contributed by atoms with Crippen LogP contribution in [0.15, 0.2) is 0 Å². The quantitative estimate of drug-likeness (QED) is 0.865. The third kappa shape index (κ3) is 4.78. The second kappa shape index (κ2) is 6.78. The van der Waals surface area contributed by atoms with E-state index in [9.17, 15) is 4.79 Å². The third-order valence-electron chi connectivity index (χ3n) is 4.48. The molecule has 5 heteroatoms. The Kier molecular flexibility index (Phi) is 5.47. The summed E-state index contributed by atoms with van der Waals surface area (Å²) in [5, 5.41) is 3.69. The standard InChI is InChI=1S/C16H30N2O2S/c1-15(2,3)20-14(19)18-10-5-7-13(11-18)17-12-16(21-4)8-6-9-16/h13,17H,5-12H2,1-4H3. The number of likely N-dealkylation sites (tertiary alicyclic amines) is 1. The summed E-state index contributed by atoms with van der Waals surface area (Å²) in [7, 11) is 0. The maximum Gasteiger partial charge on any atom is 0.410 e. The molecule has 0 bridgehead atoms. The average Bonchev–Trinajstić information content (AvgIpc) is 2.36. The average molecular weight is 314 g/mol. The fourth-order valence-electron chi connectivity index (χ4n) is 2.99. The third-order valence-corrected chi connectivity index (χ3v) is 5.90. The lowest BCUT2D eigenvalue weighted by Crippen LogP contribution is -2.53. The summed E-state index contributed by atoms with van der Waals surface area (Å²) < 4.78 is 5.93. The molecule has 0 aromatic carbocycles. The first-order valence-corrected chi connectivity index (χ1v) is 9.32. The van der Waals surface area contributed by atoms with Crippen molar-refractivity contribution in [3.8, 4) is 0 Å². The Hall–Kier alpha value is -0.420. The number of ether oxygens (including phenoxy) is 1.